The lowest BCUT2D eigenvalue weighted by Gasteiger charge is -2.09. The number of nitrogens with one attached hydrogen (secondary N) is 1. The molecule has 0 aliphatic rings. The Kier molecular flexibility index (Phi) is 5.97. The van der Waals surface area contributed by atoms with Crippen LogP contribution in [0.4, 0.5) is 0 Å². The van der Waals surface area contributed by atoms with Crippen LogP contribution in [-0.2, 0) is 11.3 Å². The maximum atomic E-state index is 12.2. The van der Waals surface area contributed by atoms with E-state index in [-0.39, 0.29) is 11.7 Å². The van der Waals surface area contributed by atoms with Gasteiger partial charge in [-0.05, 0) is 35.4 Å². The summed E-state index contributed by atoms with van der Waals surface area (Å²) < 4.78 is 2.14. The fourth-order valence-electron chi connectivity index (χ4n) is 2.87. The Morgan fingerprint density at radius 1 is 1.03 bits per heavy atom. The van der Waals surface area contributed by atoms with E-state index in [1.165, 1.54) is 17.3 Å². The number of imidazole rings is 1. The molecule has 0 spiro atoms. The number of benzene rings is 2. The van der Waals surface area contributed by atoms with Crippen molar-refractivity contribution in [1.82, 2.24) is 20.0 Å². The zero-order chi connectivity index (χ0) is 19.9. The lowest BCUT2D eigenvalue weighted by atomic mass is 10.2. The molecule has 0 saturated heterocycles. The topological polar surface area (TPSA) is 72.2 Å². The van der Waals surface area contributed by atoms with Crippen LogP contribution in [-0.4, -0.2) is 32.4 Å². The van der Waals surface area contributed by atoms with Crippen molar-refractivity contribution < 1.29 is 4.79 Å². The molecular formula is C22H19N5OS. The minimum Gasteiger partial charge on any atom is -0.314 e. The third-order valence-electron chi connectivity index (χ3n) is 4.24. The Morgan fingerprint density at radius 3 is 2.62 bits per heavy atom. The summed E-state index contributed by atoms with van der Waals surface area (Å²) >= 11 is 1.40. The number of hydrogen-bond acceptors (Lipinski definition) is 5. The number of fused-ring (bicyclic) bond motifs is 1. The van der Waals surface area contributed by atoms with Gasteiger partial charge in [-0.2, -0.15) is 5.10 Å². The maximum Gasteiger partial charge on any atom is 0.250 e. The normalized spacial score (nSPS) is 11.2. The summed E-state index contributed by atoms with van der Waals surface area (Å²) in [7, 11) is 0. The summed E-state index contributed by atoms with van der Waals surface area (Å²) in [5, 5.41) is 4.80. The van der Waals surface area contributed by atoms with E-state index in [2.05, 4.69) is 38.3 Å². The van der Waals surface area contributed by atoms with Crippen molar-refractivity contribution >= 4 is 34.9 Å². The van der Waals surface area contributed by atoms with Crippen LogP contribution >= 0.6 is 11.8 Å². The number of hydrazone groups is 1. The first-order chi connectivity index (χ1) is 14.3. The van der Waals surface area contributed by atoms with E-state index >= 15 is 0 Å². The first kappa shape index (κ1) is 18.9. The summed E-state index contributed by atoms with van der Waals surface area (Å²) in [5.74, 6) is 0.0461. The van der Waals surface area contributed by atoms with Crippen molar-refractivity contribution in [3.63, 3.8) is 0 Å². The first-order valence-electron chi connectivity index (χ1n) is 9.13. The molecule has 1 N–H and O–H groups in total. The van der Waals surface area contributed by atoms with Crippen molar-refractivity contribution in [2.75, 3.05) is 5.75 Å². The van der Waals surface area contributed by atoms with Crippen LogP contribution < -0.4 is 5.43 Å². The standard InChI is InChI=1S/C22H19N5OS/c28-21(26-24-14-17-10-12-23-13-11-17)16-29-22-25-19-8-4-5-9-20(19)27(22)15-18-6-2-1-3-7-18/h1-14H,15-16H2,(H,26,28)/b24-14+. The highest BCUT2D eigenvalue weighted by Crippen LogP contribution is 2.25. The van der Waals surface area contributed by atoms with E-state index in [1.807, 2.05) is 48.5 Å². The van der Waals surface area contributed by atoms with Crippen LogP contribution in [0.5, 0.6) is 0 Å². The van der Waals surface area contributed by atoms with Gasteiger partial charge in [0.1, 0.15) is 0 Å². The van der Waals surface area contributed by atoms with Gasteiger partial charge in [0, 0.05) is 12.4 Å². The van der Waals surface area contributed by atoms with Crippen LogP contribution in [0.2, 0.25) is 0 Å². The van der Waals surface area contributed by atoms with Crippen molar-refractivity contribution in [2.45, 2.75) is 11.7 Å². The molecule has 0 bridgehead atoms. The minimum absolute atomic E-state index is 0.182. The van der Waals surface area contributed by atoms with Crippen molar-refractivity contribution in [3.8, 4) is 0 Å². The number of carbonyl (C=O) groups excluding carboxylic acids is 1. The Labute approximate surface area is 172 Å². The number of para-hydroxylation sites is 2. The quantitative estimate of drug-likeness (QED) is 0.291. The molecule has 144 valence electrons. The average Bonchev–Trinajstić information content (AvgIpc) is 3.11. The molecule has 6 nitrogen and oxygen atoms in total. The Hall–Kier alpha value is -3.45. The third-order valence-corrected chi connectivity index (χ3v) is 5.22. The molecule has 2 heterocycles. The van der Waals surface area contributed by atoms with Gasteiger partial charge in [0.2, 0.25) is 0 Å². The Morgan fingerprint density at radius 2 is 1.79 bits per heavy atom. The lowest BCUT2D eigenvalue weighted by molar-refractivity contribution is -0.118. The number of pyridine rings is 1. The number of amides is 1. The van der Waals surface area contributed by atoms with E-state index < -0.39 is 0 Å². The first-order valence-corrected chi connectivity index (χ1v) is 10.1. The molecule has 1 amide bonds. The number of rotatable bonds is 7. The molecular weight excluding hydrogens is 382 g/mol. The number of carbonyl (C=O) groups is 1. The van der Waals surface area contributed by atoms with Crippen molar-refractivity contribution in [1.29, 1.82) is 0 Å². The molecule has 4 rings (SSSR count). The minimum atomic E-state index is -0.182. The van der Waals surface area contributed by atoms with E-state index in [1.54, 1.807) is 18.6 Å². The van der Waals surface area contributed by atoms with Gasteiger partial charge in [-0.3, -0.25) is 9.78 Å². The molecule has 7 heteroatoms. The fraction of sp³-hybridized carbons (Fsp3) is 0.0909. The lowest BCUT2D eigenvalue weighted by Crippen LogP contribution is -2.20. The second-order valence-electron chi connectivity index (χ2n) is 6.32. The van der Waals surface area contributed by atoms with Crippen LogP contribution in [0.15, 0.2) is 89.4 Å². The number of thioether (sulfide) groups is 1. The van der Waals surface area contributed by atoms with Gasteiger partial charge in [0.05, 0.1) is 29.5 Å². The number of aromatic nitrogens is 3. The summed E-state index contributed by atoms with van der Waals surface area (Å²) in [6.07, 6.45) is 4.95. The molecule has 0 saturated carbocycles. The highest BCUT2D eigenvalue weighted by Gasteiger charge is 2.13. The van der Waals surface area contributed by atoms with E-state index in [0.717, 1.165) is 21.8 Å². The van der Waals surface area contributed by atoms with Crippen LogP contribution in [0.1, 0.15) is 11.1 Å². The summed E-state index contributed by atoms with van der Waals surface area (Å²) in [6.45, 7) is 0.700. The van der Waals surface area contributed by atoms with Crippen molar-refractivity contribution in [3.05, 3.63) is 90.3 Å². The smallest absolute Gasteiger partial charge is 0.250 e. The summed E-state index contributed by atoms with van der Waals surface area (Å²) in [4.78, 5) is 20.9. The van der Waals surface area contributed by atoms with Crippen molar-refractivity contribution in [2.24, 2.45) is 5.10 Å². The van der Waals surface area contributed by atoms with Gasteiger partial charge in [-0.1, -0.05) is 54.2 Å². The highest BCUT2D eigenvalue weighted by atomic mass is 32.2. The molecule has 2 aromatic carbocycles. The van der Waals surface area contributed by atoms with E-state index in [9.17, 15) is 4.79 Å². The average molecular weight is 401 g/mol. The molecule has 29 heavy (non-hydrogen) atoms. The van der Waals surface area contributed by atoms with Gasteiger partial charge >= 0.3 is 0 Å². The van der Waals surface area contributed by atoms with Gasteiger partial charge in [-0.25, -0.2) is 10.4 Å². The Bertz CT molecular complexity index is 1130. The van der Waals surface area contributed by atoms with Gasteiger partial charge in [-0.15, -0.1) is 0 Å². The van der Waals surface area contributed by atoms with E-state index in [0.29, 0.717) is 6.54 Å². The maximum absolute atomic E-state index is 12.2. The molecule has 0 fully saturated rings. The van der Waals surface area contributed by atoms with E-state index in [4.69, 9.17) is 4.98 Å². The predicted octanol–water partition coefficient (Wildman–Crippen LogP) is 3.72. The predicted molar refractivity (Wildman–Crippen MR) is 116 cm³/mol. The molecule has 0 aliphatic carbocycles. The molecule has 4 aromatic rings. The van der Waals surface area contributed by atoms with Crippen LogP contribution in [0, 0.1) is 0 Å². The zero-order valence-corrected chi connectivity index (χ0v) is 16.4. The number of hydrogen-bond donors (Lipinski definition) is 1. The molecule has 0 aliphatic heterocycles. The highest BCUT2D eigenvalue weighted by molar-refractivity contribution is 7.99. The molecule has 0 unspecified atom stereocenters. The number of nitrogens with zero attached hydrogens (tertiary/aromatic N) is 4. The van der Waals surface area contributed by atoms with Crippen LogP contribution in [0.3, 0.4) is 0 Å². The second kappa shape index (κ2) is 9.16. The fourth-order valence-corrected chi connectivity index (χ4v) is 3.68. The largest absolute Gasteiger partial charge is 0.314 e. The monoisotopic (exact) mass is 401 g/mol. The molecule has 0 atom stereocenters. The summed E-state index contributed by atoms with van der Waals surface area (Å²) in [6, 6.07) is 21.9. The third kappa shape index (κ3) is 4.89. The van der Waals surface area contributed by atoms with Gasteiger partial charge in [0.15, 0.2) is 5.16 Å². The SMILES string of the molecule is O=C(CSc1nc2ccccc2n1Cc1ccccc1)N/N=C/c1ccncc1. The molecule has 0 radical (unpaired) electrons. The Balaban J connectivity index is 1.45. The second-order valence-corrected chi connectivity index (χ2v) is 7.26. The van der Waals surface area contributed by atoms with Gasteiger partial charge in [0.25, 0.3) is 5.91 Å². The van der Waals surface area contributed by atoms with Gasteiger partial charge < -0.3 is 4.57 Å². The summed E-state index contributed by atoms with van der Waals surface area (Å²) in [5.41, 5.74) is 6.58. The van der Waals surface area contributed by atoms with Crippen LogP contribution in [0.25, 0.3) is 11.0 Å². The molecule has 2 aromatic heterocycles. The zero-order valence-electron chi connectivity index (χ0n) is 15.6.